The van der Waals surface area contributed by atoms with E-state index in [-0.39, 0.29) is 12.5 Å². The molecule has 1 aliphatic heterocycles. The Kier molecular flexibility index (Phi) is 4.02. The number of likely N-dealkylation sites (tertiary alicyclic amines) is 1. The van der Waals surface area contributed by atoms with Gasteiger partial charge >= 0.3 is 5.97 Å². The van der Waals surface area contributed by atoms with Crippen molar-refractivity contribution in [3.05, 3.63) is 34.9 Å². The van der Waals surface area contributed by atoms with Gasteiger partial charge in [-0.2, -0.15) is 0 Å². The van der Waals surface area contributed by atoms with E-state index in [9.17, 15) is 4.79 Å². The van der Waals surface area contributed by atoms with Crippen molar-refractivity contribution in [1.82, 2.24) is 4.90 Å². The monoisotopic (exact) mass is 253 g/mol. The average Bonchev–Trinajstić information content (AvgIpc) is 2.75. The summed E-state index contributed by atoms with van der Waals surface area (Å²) < 4.78 is 0. The first kappa shape index (κ1) is 12.4. The number of benzene rings is 1. The van der Waals surface area contributed by atoms with Crippen molar-refractivity contribution in [2.45, 2.75) is 25.3 Å². The zero-order valence-corrected chi connectivity index (χ0v) is 10.4. The van der Waals surface area contributed by atoms with Gasteiger partial charge in [0.15, 0.2) is 0 Å². The molecule has 1 N–H and O–H groups in total. The van der Waals surface area contributed by atoms with Crippen LogP contribution in [0.1, 0.15) is 30.9 Å². The first-order valence-corrected chi connectivity index (χ1v) is 6.26. The maximum atomic E-state index is 10.6. The molecule has 0 amide bonds. The third-order valence-electron chi connectivity index (χ3n) is 3.24. The lowest BCUT2D eigenvalue weighted by Crippen LogP contribution is -2.26. The van der Waals surface area contributed by atoms with Crippen LogP contribution in [-0.2, 0) is 4.79 Å². The van der Waals surface area contributed by atoms with E-state index in [1.807, 2.05) is 24.3 Å². The van der Waals surface area contributed by atoms with E-state index in [4.69, 9.17) is 16.7 Å². The van der Waals surface area contributed by atoms with Crippen LogP contribution in [-0.4, -0.2) is 29.1 Å². The summed E-state index contributed by atoms with van der Waals surface area (Å²) >= 11 is 6.19. The summed E-state index contributed by atoms with van der Waals surface area (Å²) in [4.78, 5) is 12.8. The summed E-state index contributed by atoms with van der Waals surface area (Å²) in [5.41, 5.74) is 1.12. The minimum Gasteiger partial charge on any atom is -0.481 e. The molecule has 0 bridgehead atoms. The Morgan fingerprint density at radius 3 is 2.94 bits per heavy atom. The van der Waals surface area contributed by atoms with Crippen molar-refractivity contribution in [3.8, 4) is 0 Å². The molecule has 4 heteroatoms. The van der Waals surface area contributed by atoms with Gasteiger partial charge in [-0.3, -0.25) is 9.69 Å². The normalized spacial score (nSPS) is 20.6. The van der Waals surface area contributed by atoms with Crippen LogP contribution >= 0.6 is 11.6 Å². The Labute approximate surface area is 106 Å². The molecule has 0 spiro atoms. The fourth-order valence-corrected chi connectivity index (χ4v) is 2.69. The minimum atomic E-state index is -0.741. The van der Waals surface area contributed by atoms with Gasteiger partial charge in [-0.15, -0.1) is 0 Å². The van der Waals surface area contributed by atoms with Gasteiger partial charge in [0.1, 0.15) is 0 Å². The van der Waals surface area contributed by atoms with Gasteiger partial charge in [-0.25, -0.2) is 0 Å². The third-order valence-corrected chi connectivity index (χ3v) is 3.58. The number of nitrogens with zero attached hydrogens (tertiary/aromatic N) is 1. The highest BCUT2D eigenvalue weighted by Crippen LogP contribution is 2.35. The van der Waals surface area contributed by atoms with E-state index >= 15 is 0 Å². The van der Waals surface area contributed by atoms with Crippen LogP contribution in [0.2, 0.25) is 5.02 Å². The van der Waals surface area contributed by atoms with Gasteiger partial charge in [0.05, 0.1) is 6.42 Å². The molecule has 1 fully saturated rings. The molecule has 0 saturated carbocycles. The van der Waals surface area contributed by atoms with E-state index in [1.54, 1.807) is 0 Å². The number of carboxylic acid groups (broad SMARTS) is 1. The van der Waals surface area contributed by atoms with Gasteiger partial charge in [-0.05, 0) is 31.0 Å². The van der Waals surface area contributed by atoms with Gasteiger partial charge in [-0.1, -0.05) is 29.8 Å². The van der Waals surface area contributed by atoms with Crippen LogP contribution in [0.5, 0.6) is 0 Å². The third kappa shape index (κ3) is 2.99. The maximum absolute atomic E-state index is 10.6. The Balaban J connectivity index is 2.09. The van der Waals surface area contributed by atoms with Crippen molar-refractivity contribution in [3.63, 3.8) is 0 Å². The predicted octanol–water partition coefficient (Wildman–Crippen LogP) is 2.95. The second kappa shape index (κ2) is 5.52. The lowest BCUT2D eigenvalue weighted by Gasteiger charge is -2.24. The van der Waals surface area contributed by atoms with E-state index in [2.05, 4.69) is 4.90 Å². The number of rotatable bonds is 4. The van der Waals surface area contributed by atoms with Gasteiger partial charge in [0.2, 0.25) is 0 Å². The van der Waals surface area contributed by atoms with Gasteiger partial charge in [0, 0.05) is 17.6 Å². The Morgan fingerprint density at radius 1 is 1.47 bits per heavy atom. The summed E-state index contributed by atoms with van der Waals surface area (Å²) in [6.07, 6.45) is 2.36. The van der Waals surface area contributed by atoms with Crippen molar-refractivity contribution < 1.29 is 9.90 Å². The molecule has 1 aromatic rings. The number of hydrogen-bond donors (Lipinski definition) is 1. The van der Waals surface area contributed by atoms with E-state index in [0.717, 1.165) is 30.0 Å². The molecule has 3 nitrogen and oxygen atoms in total. The lowest BCUT2D eigenvalue weighted by atomic mass is 10.0. The summed E-state index contributed by atoms with van der Waals surface area (Å²) in [5, 5.41) is 9.51. The zero-order chi connectivity index (χ0) is 12.3. The molecule has 2 rings (SSSR count). The molecule has 0 aliphatic carbocycles. The standard InChI is InChI=1S/C13H16ClNO2/c14-11-5-2-1-4-10(11)12-6-3-8-15(12)9-7-13(16)17/h1-2,4-5,12H,3,6-9H2,(H,16,17). The molecular formula is C13H16ClNO2. The second-order valence-electron chi connectivity index (χ2n) is 4.36. The molecule has 1 atom stereocenters. The lowest BCUT2D eigenvalue weighted by molar-refractivity contribution is -0.137. The summed E-state index contributed by atoms with van der Waals surface area (Å²) in [6.45, 7) is 1.56. The number of halogens is 1. The van der Waals surface area contributed by atoms with Crippen LogP contribution in [0.3, 0.4) is 0 Å². The highest BCUT2D eigenvalue weighted by molar-refractivity contribution is 6.31. The minimum absolute atomic E-state index is 0.195. The van der Waals surface area contributed by atoms with Crippen molar-refractivity contribution in [1.29, 1.82) is 0 Å². The molecule has 1 aromatic carbocycles. The first-order chi connectivity index (χ1) is 8.18. The number of aliphatic carboxylic acids is 1. The van der Waals surface area contributed by atoms with E-state index < -0.39 is 5.97 Å². The molecule has 1 saturated heterocycles. The molecular weight excluding hydrogens is 238 g/mol. The summed E-state index contributed by atoms with van der Waals surface area (Å²) in [6, 6.07) is 8.11. The summed E-state index contributed by atoms with van der Waals surface area (Å²) in [7, 11) is 0. The van der Waals surface area contributed by atoms with Gasteiger partial charge in [0.25, 0.3) is 0 Å². The number of carbonyl (C=O) groups is 1. The molecule has 0 aromatic heterocycles. The SMILES string of the molecule is O=C(O)CCN1CCCC1c1ccccc1Cl. The quantitative estimate of drug-likeness (QED) is 0.897. The molecule has 0 radical (unpaired) electrons. The van der Waals surface area contributed by atoms with Crippen LogP contribution in [0, 0.1) is 0 Å². The molecule has 1 heterocycles. The Hall–Kier alpha value is -1.06. The van der Waals surface area contributed by atoms with Crippen LogP contribution < -0.4 is 0 Å². The molecule has 92 valence electrons. The second-order valence-corrected chi connectivity index (χ2v) is 4.77. The number of hydrogen-bond acceptors (Lipinski definition) is 2. The van der Waals surface area contributed by atoms with Crippen molar-refractivity contribution in [2.75, 3.05) is 13.1 Å². The van der Waals surface area contributed by atoms with Crippen molar-refractivity contribution >= 4 is 17.6 Å². The Morgan fingerprint density at radius 2 is 2.24 bits per heavy atom. The average molecular weight is 254 g/mol. The maximum Gasteiger partial charge on any atom is 0.304 e. The zero-order valence-electron chi connectivity index (χ0n) is 9.60. The van der Waals surface area contributed by atoms with Crippen molar-refractivity contribution in [2.24, 2.45) is 0 Å². The highest BCUT2D eigenvalue weighted by atomic mass is 35.5. The molecule has 1 aliphatic rings. The fraction of sp³-hybridized carbons (Fsp3) is 0.462. The van der Waals surface area contributed by atoms with E-state index in [1.165, 1.54) is 0 Å². The smallest absolute Gasteiger partial charge is 0.304 e. The Bertz CT molecular complexity index is 408. The number of carboxylic acids is 1. The van der Waals surface area contributed by atoms with Crippen LogP contribution in [0.4, 0.5) is 0 Å². The summed E-state index contributed by atoms with van der Waals surface area (Å²) in [5.74, 6) is -0.741. The van der Waals surface area contributed by atoms with Crippen LogP contribution in [0.15, 0.2) is 24.3 Å². The predicted molar refractivity (Wildman–Crippen MR) is 67.3 cm³/mol. The van der Waals surface area contributed by atoms with Gasteiger partial charge < -0.3 is 5.11 Å². The highest BCUT2D eigenvalue weighted by Gasteiger charge is 2.27. The fourth-order valence-electron chi connectivity index (χ4n) is 2.43. The molecule has 1 unspecified atom stereocenters. The first-order valence-electron chi connectivity index (χ1n) is 5.89. The van der Waals surface area contributed by atoms with Crippen LogP contribution in [0.25, 0.3) is 0 Å². The largest absolute Gasteiger partial charge is 0.481 e. The molecule has 17 heavy (non-hydrogen) atoms. The van der Waals surface area contributed by atoms with E-state index in [0.29, 0.717) is 6.54 Å². The topological polar surface area (TPSA) is 40.5 Å².